The van der Waals surface area contributed by atoms with Gasteiger partial charge >= 0.3 is 11.9 Å². The number of nitrogen functional groups attached to an aromatic ring is 2. The first-order valence-corrected chi connectivity index (χ1v) is 12.7. The Labute approximate surface area is 247 Å². The molecule has 5 rings (SSSR count). The Morgan fingerprint density at radius 2 is 1.11 bits per heavy atom. The molecule has 0 aliphatic heterocycles. The van der Waals surface area contributed by atoms with E-state index in [-0.39, 0.29) is 57.4 Å². The number of aromatic nitrogens is 10. The van der Waals surface area contributed by atoms with Crippen LogP contribution in [0.3, 0.4) is 0 Å². The summed E-state index contributed by atoms with van der Waals surface area (Å²) >= 11 is 0. The van der Waals surface area contributed by atoms with E-state index in [1.165, 1.54) is 29.9 Å². The molecule has 5 aromatic rings. The minimum absolute atomic E-state index is 0.104. The molecule has 226 valence electrons. The number of anilines is 2. The number of azo groups is 2. The topological polar surface area (TPSA) is 273 Å². The molecular formula is C24H26N16O4. The van der Waals surface area contributed by atoms with Crippen LogP contribution in [-0.2, 0) is 9.47 Å². The quantitative estimate of drug-likeness (QED) is 0.147. The lowest BCUT2D eigenvalue weighted by Gasteiger charge is -2.06. The Hall–Kier alpha value is -6.34. The molecule has 0 aliphatic rings. The number of methoxy groups -OCH3 is 2. The SMILES string of the molecule is COC(=O)c1c(C)n[nH]c1/N=N/c1c(C)nn(-c2cc(-n3nc(C)c(/N=N/c4[nH]nc(C)c4C(=O)OC)c3N)ncn2)c1N. The molecule has 5 heterocycles. The highest BCUT2D eigenvalue weighted by Crippen LogP contribution is 2.33. The normalized spacial score (nSPS) is 11.6. The number of nitrogens with zero attached hydrogens (tertiary/aromatic N) is 12. The number of H-pyrrole nitrogens is 2. The first-order chi connectivity index (χ1) is 21.0. The highest BCUT2D eigenvalue weighted by atomic mass is 16.5. The molecule has 0 saturated carbocycles. The molecule has 0 atom stereocenters. The lowest BCUT2D eigenvalue weighted by Crippen LogP contribution is -2.09. The highest BCUT2D eigenvalue weighted by molar-refractivity contribution is 5.95. The molecule has 20 nitrogen and oxygen atoms in total. The molecular weight excluding hydrogens is 576 g/mol. The van der Waals surface area contributed by atoms with E-state index in [0.717, 1.165) is 0 Å². The lowest BCUT2D eigenvalue weighted by molar-refractivity contribution is 0.0591. The van der Waals surface area contributed by atoms with Crippen molar-refractivity contribution in [2.75, 3.05) is 25.7 Å². The van der Waals surface area contributed by atoms with Crippen LogP contribution in [0.25, 0.3) is 11.6 Å². The molecule has 5 aromatic heterocycles. The Morgan fingerprint density at radius 3 is 1.50 bits per heavy atom. The van der Waals surface area contributed by atoms with Gasteiger partial charge in [-0.25, -0.2) is 19.6 Å². The van der Waals surface area contributed by atoms with E-state index in [1.54, 1.807) is 33.8 Å². The second-order valence-electron chi connectivity index (χ2n) is 9.14. The Balaban J connectivity index is 1.46. The van der Waals surface area contributed by atoms with Crippen molar-refractivity contribution < 1.29 is 19.1 Å². The minimum Gasteiger partial charge on any atom is -0.465 e. The summed E-state index contributed by atoms with van der Waals surface area (Å²) in [6.45, 7) is 6.63. The summed E-state index contributed by atoms with van der Waals surface area (Å²) in [5, 5.41) is 38.7. The zero-order valence-corrected chi connectivity index (χ0v) is 24.3. The van der Waals surface area contributed by atoms with Crippen molar-refractivity contribution >= 4 is 46.6 Å². The van der Waals surface area contributed by atoms with Gasteiger partial charge in [-0.05, 0) is 27.7 Å². The summed E-state index contributed by atoms with van der Waals surface area (Å²) in [4.78, 5) is 32.8. The van der Waals surface area contributed by atoms with Crippen molar-refractivity contribution in [3.8, 4) is 11.6 Å². The largest absolute Gasteiger partial charge is 0.465 e. The number of nitrogens with two attached hydrogens (primary N) is 2. The zero-order chi connectivity index (χ0) is 31.7. The Morgan fingerprint density at radius 1 is 0.705 bits per heavy atom. The second kappa shape index (κ2) is 11.5. The highest BCUT2D eigenvalue weighted by Gasteiger charge is 2.22. The second-order valence-corrected chi connectivity index (χ2v) is 9.14. The van der Waals surface area contributed by atoms with E-state index in [0.29, 0.717) is 22.8 Å². The molecule has 20 heteroatoms. The minimum atomic E-state index is -0.612. The Kier molecular flexibility index (Phi) is 7.62. The summed E-state index contributed by atoms with van der Waals surface area (Å²) in [7, 11) is 2.51. The van der Waals surface area contributed by atoms with Gasteiger partial charge in [0, 0.05) is 6.07 Å². The van der Waals surface area contributed by atoms with Gasteiger partial charge < -0.3 is 20.9 Å². The maximum Gasteiger partial charge on any atom is 0.343 e. The molecule has 44 heavy (non-hydrogen) atoms. The molecule has 0 radical (unpaired) electrons. The number of ether oxygens (including phenoxy) is 2. The first kappa shape index (κ1) is 29.2. The van der Waals surface area contributed by atoms with Crippen molar-refractivity contribution in [1.82, 2.24) is 49.9 Å². The van der Waals surface area contributed by atoms with E-state index in [9.17, 15) is 9.59 Å². The fourth-order valence-electron chi connectivity index (χ4n) is 4.12. The summed E-state index contributed by atoms with van der Waals surface area (Å²) < 4.78 is 12.3. The van der Waals surface area contributed by atoms with Gasteiger partial charge in [0.1, 0.15) is 17.5 Å². The number of hydrogen-bond donors (Lipinski definition) is 4. The summed E-state index contributed by atoms with van der Waals surface area (Å²) in [5.41, 5.74) is 15.2. The lowest BCUT2D eigenvalue weighted by atomic mass is 10.2. The molecule has 0 aromatic carbocycles. The molecule has 6 N–H and O–H groups in total. The van der Waals surface area contributed by atoms with E-state index in [2.05, 4.69) is 61.0 Å². The Bertz CT molecular complexity index is 1820. The molecule has 0 aliphatic carbocycles. The predicted octanol–water partition coefficient (Wildman–Crippen LogP) is 3.10. The molecule has 0 unspecified atom stereocenters. The van der Waals surface area contributed by atoms with Crippen LogP contribution in [0.2, 0.25) is 0 Å². The van der Waals surface area contributed by atoms with Gasteiger partial charge in [0.2, 0.25) is 0 Å². The number of esters is 2. The molecule has 0 fully saturated rings. The number of rotatable bonds is 8. The third kappa shape index (κ3) is 5.10. The van der Waals surface area contributed by atoms with E-state index in [4.69, 9.17) is 20.9 Å². The predicted molar refractivity (Wildman–Crippen MR) is 152 cm³/mol. The van der Waals surface area contributed by atoms with Crippen molar-refractivity contribution in [2.24, 2.45) is 20.5 Å². The third-order valence-corrected chi connectivity index (χ3v) is 6.33. The van der Waals surface area contributed by atoms with Crippen molar-refractivity contribution in [1.29, 1.82) is 0 Å². The smallest absolute Gasteiger partial charge is 0.343 e. The number of carbonyl (C=O) groups is 2. The maximum atomic E-state index is 12.1. The number of aromatic amines is 2. The van der Waals surface area contributed by atoms with Gasteiger partial charge in [-0.2, -0.15) is 29.8 Å². The van der Waals surface area contributed by atoms with E-state index < -0.39 is 11.9 Å². The monoisotopic (exact) mass is 602 g/mol. The van der Waals surface area contributed by atoms with Gasteiger partial charge in [-0.15, -0.1) is 20.5 Å². The fourth-order valence-corrected chi connectivity index (χ4v) is 4.12. The molecule has 0 amide bonds. The van der Waals surface area contributed by atoms with Gasteiger partial charge in [-0.1, -0.05) is 0 Å². The molecule has 0 spiro atoms. The summed E-state index contributed by atoms with van der Waals surface area (Å²) in [6, 6.07) is 1.55. The number of aryl methyl sites for hydroxylation is 4. The van der Waals surface area contributed by atoms with Gasteiger partial charge in [0.25, 0.3) is 0 Å². The first-order valence-electron chi connectivity index (χ1n) is 12.7. The van der Waals surface area contributed by atoms with Crippen LogP contribution >= 0.6 is 0 Å². The molecule has 0 saturated heterocycles. The number of hydrogen-bond acceptors (Lipinski definition) is 16. The van der Waals surface area contributed by atoms with Crippen LogP contribution in [-0.4, -0.2) is 76.1 Å². The summed E-state index contributed by atoms with van der Waals surface area (Å²) in [6.07, 6.45) is 1.28. The average Bonchev–Trinajstić information content (AvgIpc) is 3.73. The van der Waals surface area contributed by atoms with Crippen LogP contribution in [0, 0.1) is 27.7 Å². The van der Waals surface area contributed by atoms with Crippen LogP contribution in [0.15, 0.2) is 32.9 Å². The summed E-state index contributed by atoms with van der Waals surface area (Å²) in [5.74, 6) is -0.242. The van der Waals surface area contributed by atoms with Crippen molar-refractivity contribution in [3.05, 3.63) is 46.3 Å². The van der Waals surface area contributed by atoms with E-state index >= 15 is 0 Å². The third-order valence-electron chi connectivity index (χ3n) is 6.33. The van der Waals surface area contributed by atoms with Crippen LogP contribution in [0.5, 0.6) is 0 Å². The number of nitrogens with one attached hydrogen (secondary N) is 2. The maximum absolute atomic E-state index is 12.1. The van der Waals surface area contributed by atoms with Crippen molar-refractivity contribution in [3.63, 3.8) is 0 Å². The van der Waals surface area contributed by atoms with Crippen LogP contribution in [0.4, 0.5) is 34.6 Å². The fraction of sp³-hybridized carbons (Fsp3) is 0.250. The standard InChI is InChI=1S/C24H26N16O4/c1-9-15(23(41)43-5)21(33-29-9)35-31-17-11(3)37-39(19(17)25)13-7-14(28-8-27-13)40-20(26)18(12(4)38-40)32-36-22-16(24(42)44-6)10(2)30-34-22/h7-8H,25-26H2,1-6H3,(H,29,33)(H,30,34)/b35-31+,36-32+. The zero-order valence-electron chi connectivity index (χ0n) is 24.3. The van der Waals surface area contributed by atoms with E-state index in [1.807, 2.05) is 0 Å². The average molecular weight is 603 g/mol. The number of carbonyl (C=O) groups excluding carboxylic acids is 2. The van der Waals surface area contributed by atoms with Gasteiger partial charge in [0.15, 0.2) is 46.3 Å². The van der Waals surface area contributed by atoms with Gasteiger partial charge in [-0.3, -0.25) is 10.2 Å². The van der Waals surface area contributed by atoms with Gasteiger partial charge in [0.05, 0.1) is 37.0 Å². The van der Waals surface area contributed by atoms with Crippen molar-refractivity contribution in [2.45, 2.75) is 27.7 Å². The van der Waals surface area contributed by atoms with Crippen LogP contribution in [0.1, 0.15) is 43.5 Å². The van der Waals surface area contributed by atoms with Crippen LogP contribution < -0.4 is 11.5 Å². The molecule has 0 bridgehead atoms.